The van der Waals surface area contributed by atoms with Gasteiger partial charge in [0, 0.05) is 35.7 Å². The number of anilines is 1. The Morgan fingerprint density at radius 3 is 2.76 bits per heavy atom. The molecular weight excluding hydrogens is 338 g/mol. The van der Waals surface area contributed by atoms with Crippen LogP contribution in [0.2, 0.25) is 5.02 Å². The van der Waals surface area contributed by atoms with Crippen molar-refractivity contribution in [2.24, 2.45) is 0 Å². The Kier molecular flexibility index (Phi) is 4.24. The average Bonchev–Trinajstić information content (AvgIpc) is 3.27. The molecule has 0 saturated heterocycles. The Morgan fingerprint density at radius 2 is 1.92 bits per heavy atom. The molecule has 2 aromatic carbocycles. The van der Waals surface area contributed by atoms with Crippen molar-refractivity contribution in [2.45, 2.75) is 19.3 Å². The topological polar surface area (TPSA) is 59.2 Å². The first-order valence-electron chi connectivity index (χ1n) is 8.17. The van der Waals surface area contributed by atoms with E-state index in [2.05, 4.69) is 16.3 Å². The molecule has 1 amide bonds. The molecule has 126 valence electrons. The van der Waals surface area contributed by atoms with Crippen LogP contribution in [0.15, 0.2) is 52.9 Å². The highest BCUT2D eigenvalue weighted by atomic mass is 35.5. The highest BCUT2D eigenvalue weighted by Gasteiger charge is 2.24. The van der Waals surface area contributed by atoms with Crippen LogP contribution in [0.3, 0.4) is 0 Å². The molecule has 0 saturated carbocycles. The third kappa shape index (κ3) is 3.28. The van der Waals surface area contributed by atoms with Crippen LogP contribution < -0.4 is 4.90 Å². The van der Waals surface area contributed by atoms with Gasteiger partial charge in [-0.2, -0.15) is 0 Å². The lowest BCUT2D eigenvalue weighted by Crippen LogP contribution is -2.29. The van der Waals surface area contributed by atoms with Gasteiger partial charge in [-0.1, -0.05) is 29.8 Å². The molecule has 0 radical (unpaired) electrons. The van der Waals surface area contributed by atoms with Gasteiger partial charge in [-0.25, -0.2) is 0 Å². The Bertz CT molecular complexity index is 905. The maximum atomic E-state index is 12.5. The summed E-state index contributed by atoms with van der Waals surface area (Å²) in [4.78, 5) is 14.4. The maximum absolute atomic E-state index is 12.5. The summed E-state index contributed by atoms with van der Waals surface area (Å²) in [5.74, 6) is 0.979. The lowest BCUT2D eigenvalue weighted by molar-refractivity contribution is -0.118. The van der Waals surface area contributed by atoms with E-state index in [1.807, 2.05) is 35.2 Å². The second-order valence-electron chi connectivity index (χ2n) is 5.93. The van der Waals surface area contributed by atoms with Crippen molar-refractivity contribution in [3.05, 3.63) is 65.0 Å². The number of rotatable bonds is 4. The molecule has 0 atom stereocenters. The Morgan fingerprint density at radius 1 is 1.12 bits per heavy atom. The third-order valence-electron chi connectivity index (χ3n) is 4.30. The Balaban J connectivity index is 1.41. The van der Waals surface area contributed by atoms with Gasteiger partial charge in [-0.3, -0.25) is 4.79 Å². The number of aryl methyl sites for hydroxylation is 1. The summed E-state index contributed by atoms with van der Waals surface area (Å²) >= 11 is 5.88. The van der Waals surface area contributed by atoms with E-state index < -0.39 is 0 Å². The lowest BCUT2D eigenvalue weighted by atomic mass is 10.2. The van der Waals surface area contributed by atoms with Crippen molar-refractivity contribution in [1.29, 1.82) is 0 Å². The van der Waals surface area contributed by atoms with Crippen LogP contribution in [0, 0.1) is 0 Å². The second kappa shape index (κ2) is 6.69. The van der Waals surface area contributed by atoms with Crippen LogP contribution in [0.5, 0.6) is 0 Å². The normalized spacial score (nSPS) is 13.1. The molecule has 1 aromatic heterocycles. The molecule has 0 unspecified atom stereocenters. The van der Waals surface area contributed by atoms with Crippen molar-refractivity contribution in [1.82, 2.24) is 10.2 Å². The van der Waals surface area contributed by atoms with E-state index in [0.717, 1.165) is 24.2 Å². The number of para-hydroxylation sites is 1. The minimum absolute atomic E-state index is 0.0798. The van der Waals surface area contributed by atoms with Gasteiger partial charge in [0.05, 0.1) is 0 Å². The summed E-state index contributed by atoms with van der Waals surface area (Å²) in [6.45, 7) is 0.734. The zero-order chi connectivity index (χ0) is 17.2. The quantitative estimate of drug-likeness (QED) is 0.713. The van der Waals surface area contributed by atoms with Gasteiger partial charge in [0.2, 0.25) is 17.7 Å². The molecule has 5 nitrogen and oxygen atoms in total. The smallest absolute Gasteiger partial charge is 0.247 e. The highest BCUT2D eigenvalue weighted by Crippen LogP contribution is 2.28. The van der Waals surface area contributed by atoms with E-state index in [-0.39, 0.29) is 5.91 Å². The fourth-order valence-corrected chi connectivity index (χ4v) is 3.14. The monoisotopic (exact) mass is 353 g/mol. The molecule has 2 heterocycles. The molecule has 0 aliphatic carbocycles. The van der Waals surface area contributed by atoms with Crippen LogP contribution in [0.1, 0.15) is 17.9 Å². The maximum Gasteiger partial charge on any atom is 0.247 e. The van der Waals surface area contributed by atoms with E-state index >= 15 is 0 Å². The number of fused-ring (bicyclic) bond motifs is 1. The van der Waals surface area contributed by atoms with Crippen LogP contribution in [-0.2, 0) is 17.6 Å². The van der Waals surface area contributed by atoms with E-state index in [0.29, 0.717) is 29.6 Å². The number of nitrogens with zero attached hydrogens (tertiary/aromatic N) is 3. The first-order valence-corrected chi connectivity index (χ1v) is 8.55. The van der Waals surface area contributed by atoms with E-state index in [9.17, 15) is 4.79 Å². The van der Waals surface area contributed by atoms with Gasteiger partial charge in [0.1, 0.15) is 0 Å². The van der Waals surface area contributed by atoms with E-state index in [4.69, 9.17) is 16.0 Å². The summed E-state index contributed by atoms with van der Waals surface area (Å²) in [5.41, 5.74) is 3.04. The van der Waals surface area contributed by atoms with Gasteiger partial charge in [-0.15, -0.1) is 10.2 Å². The van der Waals surface area contributed by atoms with Gasteiger partial charge in [0.25, 0.3) is 0 Å². The fourth-order valence-electron chi connectivity index (χ4n) is 3.01. The Labute approximate surface area is 150 Å². The number of carbonyl (C=O) groups excluding carboxylic acids is 1. The number of benzene rings is 2. The van der Waals surface area contributed by atoms with Crippen LogP contribution in [0.4, 0.5) is 5.69 Å². The predicted octanol–water partition coefficient (Wildman–Crippen LogP) is 3.91. The standard InChI is InChI=1S/C19H16ClN3O2/c20-15-7-5-14(6-8-15)19-22-21-17(25-19)9-10-18(24)23-12-11-13-3-1-2-4-16(13)23/h1-8H,9-12H2. The van der Waals surface area contributed by atoms with Gasteiger partial charge in [-0.05, 0) is 42.3 Å². The van der Waals surface area contributed by atoms with Gasteiger partial charge in [0.15, 0.2) is 0 Å². The summed E-state index contributed by atoms with van der Waals surface area (Å²) in [6, 6.07) is 15.2. The molecule has 1 aliphatic rings. The number of hydrogen-bond donors (Lipinski definition) is 0. The lowest BCUT2D eigenvalue weighted by Gasteiger charge is -2.16. The molecule has 1 aliphatic heterocycles. The number of carbonyl (C=O) groups is 1. The third-order valence-corrected chi connectivity index (χ3v) is 4.55. The molecule has 0 spiro atoms. The Hall–Kier alpha value is -2.66. The molecule has 6 heteroatoms. The SMILES string of the molecule is O=C(CCc1nnc(-c2ccc(Cl)cc2)o1)N1CCc2ccccc21. The summed E-state index contributed by atoms with van der Waals surface area (Å²) in [5, 5.41) is 8.73. The van der Waals surface area contributed by atoms with Crippen molar-refractivity contribution >= 4 is 23.2 Å². The van der Waals surface area contributed by atoms with Crippen LogP contribution in [0.25, 0.3) is 11.5 Å². The minimum Gasteiger partial charge on any atom is -0.421 e. The number of amides is 1. The summed E-state index contributed by atoms with van der Waals surface area (Å²) < 4.78 is 5.66. The fraction of sp³-hybridized carbons (Fsp3) is 0.211. The van der Waals surface area contributed by atoms with Crippen molar-refractivity contribution in [2.75, 3.05) is 11.4 Å². The summed E-state index contributed by atoms with van der Waals surface area (Å²) in [7, 11) is 0. The average molecular weight is 354 g/mol. The summed E-state index contributed by atoms with van der Waals surface area (Å²) in [6.07, 6.45) is 1.68. The minimum atomic E-state index is 0.0798. The van der Waals surface area contributed by atoms with Crippen molar-refractivity contribution in [3.63, 3.8) is 0 Å². The molecule has 0 fully saturated rings. The number of halogens is 1. The zero-order valence-electron chi connectivity index (χ0n) is 13.5. The molecule has 0 N–H and O–H groups in total. The van der Waals surface area contributed by atoms with Crippen molar-refractivity contribution < 1.29 is 9.21 Å². The van der Waals surface area contributed by atoms with Crippen LogP contribution in [-0.4, -0.2) is 22.6 Å². The van der Waals surface area contributed by atoms with E-state index in [1.54, 1.807) is 12.1 Å². The molecule has 0 bridgehead atoms. The van der Waals surface area contributed by atoms with Crippen molar-refractivity contribution in [3.8, 4) is 11.5 Å². The largest absolute Gasteiger partial charge is 0.421 e. The molecule has 25 heavy (non-hydrogen) atoms. The molecule has 4 rings (SSSR count). The highest BCUT2D eigenvalue weighted by molar-refractivity contribution is 6.30. The van der Waals surface area contributed by atoms with Gasteiger partial charge < -0.3 is 9.32 Å². The number of aromatic nitrogens is 2. The molecular formula is C19H16ClN3O2. The first kappa shape index (κ1) is 15.8. The van der Waals surface area contributed by atoms with E-state index in [1.165, 1.54) is 5.56 Å². The van der Waals surface area contributed by atoms with Crippen LogP contribution >= 0.6 is 11.6 Å². The predicted molar refractivity (Wildman–Crippen MR) is 95.6 cm³/mol. The first-order chi connectivity index (χ1) is 12.2. The second-order valence-corrected chi connectivity index (χ2v) is 6.37. The molecule has 3 aromatic rings. The zero-order valence-corrected chi connectivity index (χ0v) is 14.2. The van der Waals surface area contributed by atoms with Gasteiger partial charge >= 0.3 is 0 Å². The number of hydrogen-bond acceptors (Lipinski definition) is 4.